The van der Waals surface area contributed by atoms with Crippen molar-refractivity contribution in [3.05, 3.63) is 108 Å². The highest BCUT2D eigenvalue weighted by Gasteiger charge is 2.15. The third-order valence-electron chi connectivity index (χ3n) is 5.68. The van der Waals surface area contributed by atoms with E-state index in [2.05, 4.69) is 20.0 Å². The maximum absolute atomic E-state index is 12.8. The number of sulfonamides is 1. The van der Waals surface area contributed by atoms with Crippen molar-refractivity contribution in [3.8, 4) is 11.4 Å². The van der Waals surface area contributed by atoms with E-state index in [4.69, 9.17) is 0 Å². The molecule has 0 atom stereocenters. The van der Waals surface area contributed by atoms with Crippen molar-refractivity contribution in [1.82, 2.24) is 9.97 Å². The summed E-state index contributed by atoms with van der Waals surface area (Å²) in [6.07, 6.45) is 0. The van der Waals surface area contributed by atoms with Gasteiger partial charge in [0.2, 0.25) is 5.91 Å². The minimum Gasteiger partial charge on any atom is -0.338 e. The van der Waals surface area contributed by atoms with Crippen molar-refractivity contribution < 1.29 is 18.0 Å². The average Bonchev–Trinajstić information content (AvgIpc) is 3.32. The summed E-state index contributed by atoms with van der Waals surface area (Å²) < 4.78 is 28.1. The number of aromatic nitrogens is 2. The minimum absolute atomic E-state index is 0.0694. The number of carbonyl (C=O) groups is 2. The average molecular weight is 511 g/mol. The van der Waals surface area contributed by atoms with E-state index >= 15 is 0 Å². The fourth-order valence-electron chi connectivity index (χ4n) is 3.87. The Balaban J connectivity index is 1.33. The summed E-state index contributed by atoms with van der Waals surface area (Å²) in [5, 5.41) is 2.60. The van der Waals surface area contributed by atoms with Crippen molar-refractivity contribution in [2.75, 3.05) is 10.0 Å². The first-order valence-electron chi connectivity index (χ1n) is 11.4. The normalized spacial score (nSPS) is 11.3. The number of hydrogen-bond donors (Lipinski definition) is 3. The molecule has 8 nitrogen and oxygen atoms in total. The van der Waals surface area contributed by atoms with E-state index in [1.165, 1.54) is 31.2 Å². The zero-order valence-corrected chi connectivity index (χ0v) is 20.5. The summed E-state index contributed by atoms with van der Waals surface area (Å²) in [4.78, 5) is 31.8. The predicted octanol–water partition coefficient (Wildman–Crippen LogP) is 5.22. The van der Waals surface area contributed by atoms with Gasteiger partial charge in [-0.1, -0.05) is 30.3 Å². The van der Waals surface area contributed by atoms with Gasteiger partial charge < -0.3 is 10.3 Å². The number of ketones is 1. The molecule has 1 heterocycles. The third-order valence-corrected chi connectivity index (χ3v) is 7.07. The van der Waals surface area contributed by atoms with Gasteiger partial charge in [-0.15, -0.1) is 0 Å². The number of anilines is 2. The van der Waals surface area contributed by atoms with Gasteiger partial charge in [0.15, 0.2) is 5.78 Å². The number of benzene rings is 4. The largest absolute Gasteiger partial charge is 0.338 e. The zero-order valence-electron chi connectivity index (χ0n) is 19.7. The summed E-state index contributed by atoms with van der Waals surface area (Å²) in [6.45, 7) is 1.38. The lowest BCUT2D eigenvalue weighted by molar-refractivity contribution is -0.114. The van der Waals surface area contributed by atoms with Crippen LogP contribution in [0.1, 0.15) is 22.8 Å². The van der Waals surface area contributed by atoms with Gasteiger partial charge in [-0.05, 0) is 66.7 Å². The number of fused-ring (bicyclic) bond motifs is 1. The Labute approximate surface area is 213 Å². The van der Waals surface area contributed by atoms with E-state index in [1.807, 2.05) is 18.2 Å². The van der Waals surface area contributed by atoms with Gasteiger partial charge in [-0.2, -0.15) is 0 Å². The van der Waals surface area contributed by atoms with Crippen molar-refractivity contribution in [2.45, 2.75) is 11.8 Å². The molecule has 1 amide bonds. The molecule has 4 aromatic carbocycles. The molecule has 5 rings (SSSR count). The molecule has 1 aromatic heterocycles. The van der Waals surface area contributed by atoms with E-state index in [1.54, 1.807) is 54.6 Å². The quantitative estimate of drug-likeness (QED) is 0.259. The van der Waals surface area contributed by atoms with Crippen molar-refractivity contribution in [3.63, 3.8) is 0 Å². The Morgan fingerprint density at radius 2 is 1.46 bits per heavy atom. The van der Waals surface area contributed by atoms with Gasteiger partial charge in [0.1, 0.15) is 5.82 Å². The Kier molecular flexibility index (Phi) is 6.29. The maximum Gasteiger partial charge on any atom is 0.261 e. The van der Waals surface area contributed by atoms with Gasteiger partial charge in [0.05, 0.1) is 15.9 Å². The molecule has 0 bridgehead atoms. The molecule has 3 N–H and O–H groups in total. The smallest absolute Gasteiger partial charge is 0.261 e. The number of nitrogens with zero attached hydrogens (tertiary/aromatic N) is 1. The van der Waals surface area contributed by atoms with Crippen molar-refractivity contribution >= 4 is 44.1 Å². The number of amides is 1. The van der Waals surface area contributed by atoms with Crippen LogP contribution in [-0.4, -0.2) is 30.1 Å². The van der Waals surface area contributed by atoms with Crippen LogP contribution in [0, 0.1) is 0 Å². The van der Waals surface area contributed by atoms with Crippen LogP contribution in [-0.2, 0) is 14.8 Å². The van der Waals surface area contributed by atoms with Crippen LogP contribution < -0.4 is 10.0 Å². The second kappa shape index (κ2) is 9.71. The van der Waals surface area contributed by atoms with Crippen LogP contribution in [0.3, 0.4) is 0 Å². The van der Waals surface area contributed by atoms with E-state index in [-0.39, 0.29) is 16.6 Å². The highest BCUT2D eigenvalue weighted by molar-refractivity contribution is 7.92. The molecule has 0 aliphatic heterocycles. The van der Waals surface area contributed by atoms with E-state index < -0.39 is 10.0 Å². The van der Waals surface area contributed by atoms with Gasteiger partial charge in [0, 0.05) is 35.0 Å². The highest BCUT2D eigenvalue weighted by atomic mass is 32.2. The standard InChI is InChI=1S/C28H22N4O4S/c1-18(33)29-22-12-14-24(15-13-22)37(35,36)32-23-10-7-20(8-11-23)28-30-25-16-9-21(17-26(25)31-28)27(34)19-5-3-2-4-6-19/h2-17,32H,1H3,(H,29,33)(H,30,31). The van der Waals surface area contributed by atoms with Crippen LogP contribution in [0.4, 0.5) is 11.4 Å². The third kappa shape index (κ3) is 5.26. The molecule has 9 heteroatoms. The fraction of sp³-hybridized carbons (Fsp3) is 0.0357. The monoisotopic (exact) mass is 510 g/mol. The van der Waals surface area contributed by atoms with Crippen LogP contribution >= 0.6 is 0 Å². The molecule has 5 aromatic rings. The minimum atomic E-state index is -3.81. The van der Waals surface area contributed by atoms with Crippen LogP contribution in [0.2, 0.25) is 0 Å². The number of aromatic amines is 1. The maximum atomic E-state index is 12.8. The predicted molar refractivity (Wildman–Crippen MR) is 143 cm³/mol. The van der Waals surface area contributed by atoms with Gasteiger partial charge in [-0.25, -0.2) is 13.4 Å². The first-order chi connectivity index (χ1) is 17.8. The fourth-order valence-corrected chi connectivity index (χ4v) is 4.93. The Morgan fingerprint density at radius 3 is 2.14 bits per heavy atom. The summed E-state index contributed by atoms with van der Waals surface area (Å²) >= 11 is 0. The van der Waals surface area contributed by atoms with E-state index in [0.717, 1.165) is 11.1 Å². The topological polar surface area (TPSA) is 121 Å². The molecule has 0 fully saturated rings. The van der Waals surface area contributed by atoms with Crippen LogP contribution in [0.25, 0.3) is 22.4 Å². The van der Waals surface area contributed by atoms with E-state index in [9.17, 15) is 18.0 Å². The van der Waals surface area contributed by atoms with E-state index in [0.29, 0.717) is 33.8 Å². The summed E-state index contributed by atoms with van der Waals surface area (Å²) in [6, 6.07) is 27.1. The van der Waals surface area contributed by atoms with Gasteiger partial charge >= 0.3 is 0 Å². The molecule has 184 valence electrons. The number of carbonyl (C=O) groups excluding carboxylic acids is 2. The number of rotatable bonds is 7. The van der Waals surface area contributed by atoms with Crippen molar-refractivity contribution in [2.24, 2.45) is 0 Å². The molecule has 0 saturated heterocycles. The number of imidazole rings is 1. The van der Waals surface area contributed by atoms with Crippen LogP contribution in [0.15, 0.2) is 102 Å². The summed E-state index contributed by atoms with van der Waals surface area (Å²) in [5.74, 6) is 0.293. The molecule has 0 radical (unpaired) electrons. The molecule has 0 aliphatic rings. The molecular weight excluding hydrogens is 488 g/mol. The van der Waals surface area contributed by atoms with Gasteiger partial charge in [0.25, 0.3) is 10.0 Å². The Hall–Kier alpha value is -4.76. The Bertz CT molecular complexity index is 1710. The molecule has 0 saturated carbocycles. The second-order valence-corrected chi connectivity index (χ2v) is 10.1. The lowest BCUT2D eigenvalue weighted by Gasteiger charge is -2.09. The van der Waals surface area contributed by atoms with Gasteiger partial charge in [-0.3, -0.25) is 14.3 Å². The van der Waals surface area contributed by atoms with Crippen molar-refractivity contribution in [1.29, 1.82) is 0 Å². The summed E-state index contributed by atoms with van der Waals surface area (Å²) in [5.41, 5.74) is 4.28. The molecule has 0 aliphatic carbocycles. The number of nitrogens with one attached hydrogen (secondary N) is 3. The lowest BCUT2D eigenvalue weighted by atomic mass is 10.0. The SMILES string of the molecule is CC(=O)Nc1ccc(S(=O)(=O)Nc2ccc(-c3nc4ccc(C(=O)c5ccccc5)cc4[nH]3)cc2)cc1. The highest BCUT2D eigenvalue weighted by Crippen LogP contribution is 2.25. The summed E-state index contributed by atoms with van der Waals surface area (Å²) in [7, 11) is -3.81. The number of H-pyrrole nitrogens is 1. The zero-order chi connectivity index (χ0) is 26.0. The molecule has 37 heavy (non-hydrogen) atoms. The lowest BCUT2D eigenvalue weighted by Crippen LogP contribution is -2.13. The molecule has 0 spiro atoms. The molecule has 0 unspecified atom stereocenters. The first kappa shape index (κ1) is 24.0. The Morgan fingerprint density at radius 1 is 0.784 bits per heavy atom. The number of hydrogen-bond acceptors (Lipinski definition) is 5. The molecular formula is C28H22N4O4S. The first-order valence-corrected chi connectivity index (χ1v) is 12.9. The second-order valence-electron chi connectivity index (χ2n) is 8.40. The van der Waals surface area contributed by atoms with Crippen LogP contribution in [0.5, 0.6) is 0 Å².